The second-order valence-corrected chi connectivity index (χ2v) is 6.35. The number of nitrogens with one attached hydrogen (secondary N) is 1. The fourth-order valence-electron chi connectivity index (χ4n) is 1.73. The van der Waals surface area contributed by atoms with Crippen molar-refractivity contribution < 1.29 is 9.59 Å². The molecular weight excluding hydrogens is 287 g/mol. The highest BCUT2D eigenvalue weighted by molar-refractivity contribution is 6.53. The van der Waals surface area contributed by atoms with Gasteiger partial charge >= 0.3 is 6.03 Å². The third-order valence-electron chi connectivity index (χ3n) is 3.43. The van der Waals surface area contributed by atoms with Crippen LogP contribution in [0.4, 0.5) is 10.5 Å². The van der Waals surface area contributed by atoms with E-state index in [1.165, 1.54) is 4.90 Å². The van der Waals surface area contributed by atoms with Crippen molar-refractivity contribution in [1.29, 1.82) is 0 Å². The van der Waals surface area contributed by atoms with Crippen LogP contribution in [0, 0.1) is 5.41 Å². The molecular formula is C13H14Cl2N2O2. The number of carbonyl (C=O) groups excluding carboxylic acids is 2. The van der Waals surface area contributed by atoms with Crippen molar-refractivity contribution >= 4 is 40.8 Å². The number of para-hydroxylation sites is 1. The number of anilines is 1. The molecule has 4 nitrogen and oxygen atoms in total. The number of amides is 3. The van der Waals surface area contributed by atoms with Crippen LogP contribution in [0.2, 0.25) is 0 Å². The zero-order chi connectivity index (χ0) is 14.3. The van der Waals surface area contributed by atoms with Gasteiger partial charge in [-0.05, 0) is 25.5 Å². The van der Waals surface area contributed by atoms with E-state index in [-0.39, 0.29) is 0 Å². The third-order valence-corrected chi connectivity index (χ3v) is 4.53. The molecule has 2 rings (SSSR count). The molecule has 1 unspecified atom stereocenters. The number of rotatable bonds is 2. The number of urea groups is 1. The predicted molar refractivity (Wildman–Crippen MR) is 75.5 cm³/mol. The summed E-state index contributed by atoms with van der Waals surface area (Å²) < 4.78 is -1.08. The summed E-state index contributed by atoms with van der Waals surface area (Å²) in [6.07, 6.45) is 0.345. The van der Waals surface area contributed by atoms with Gasteiger partial charge in [0.15, 0.2) is 0 Å². The van der Waals surface area contributed by atoms with Gasteiger partial charge in [0.1, 0.15) is 4.33 Å². The first-order valence-corrected chi connectivity index (χ1v) is 6.55. The fourth-order valence-corrected chi connectivity index (χ4v) is 2.44. The van der Waals surface area contributed by atoms with Crippen LogP contribution in [-0.4, -0.2) is 23.3 Å². The number of carbonyl (C=O) groups is 2. The molecule has 6 heteroatoms. The lowest BCUT2D eigenvalue weighted by atomic mass is 10.1. The van der Waals surface area contributed by atoms with E-state index in [1.807, 2.05) is 18.2 Å². The third kappa shape index (κ3) is 2.55. The summed E-state index contributed by atoms with van der Waals surface area (Å²) >= 11 is 11.8. The van der Waals surface area contributed by atoms with Crippen molar-refractivity contribution in [1.82, 2.24) is 5.32 Å². The second kappa shape index (κ2) is 4.69. The Hall–Kier alpha value is -1.26. The number of imide groups is 1. The van der Waals surface area contributed by atoms with Gasteiger partial charge in [0, 0.05) is 12.7 Å². The molecule has 1 atom stereocenters. The summed E-state index contributed by atoms with van der Waals surface area (Å²) in [5.41, 5.74) is -0.208. The van der Waals surface area contributed by atoms with Crippen LogP contribution < -0.4 is 10.2 Å². The average molecular weight is 301 g/mol. The first kappa shape index (κ1) is 14.2. The second-order valence-electron chi connectivity index (χ2n) is 4.87. The van der Waals surface area contributed by atoms with E-state index in [0.29, 0.717) is 12.1 Å². The Morgan fingerprint density at radius 1 is 1.26 bits per heavy atom. The monoisotopic (exact) mass is 300 g/mol. The molecule has 3 amide bonds. The first-order valence-electron chi connectivity index (χ1n) is 5.80. The summed E-state index contributed by atoms with van der Waals surface area (Å²) in [7, 11) is 1.59. The quantitative estimate of drug-likeness (QED) is 0.854. The Balaban J connectivity index is 2.01. The summed E-state index contributed by atoms with van der Waals surface area (Å²) in [5, 5.41) is 2.32. The summed E-state index contributed by atoms with van der Waals surface area (Å²) in [4.78, 5) is 25.3. The van der Waals surface area contributed by atoms with E-state index in [4.69, 9.17) is 23.2 Å². The minimum absolute atomic E-state index is 0.345. The molecule has 0 radical (unpaired) electrons. The van der Waals surface area contributed by atoms with E-state index in [1.54, 1.807) is 26.1 Å². The fraction of sp³-hybridized carbons (Fsp3) is 0.385. The molecule has 0 heterocycles. The highest BCUT2D eigenvalue weighted by Crippen LogP contribution is 2.63. The molecule has 0 aliphatic heterocycles. The largest absolute Gasteiger partial charge is 0.328 e. The zero-order valence-electron chi connectivity index (χ0n) is 10.6. The molecule has 0 spiro atoms. The summed E-state index contributed by atoms with van der Waals surface area (Å²) in [6.45, 7) is 1.64. The maximum Gasteiger partial charge on any atom is 0.328 e. The van der Waals surface area contributed by atoms with E-state index in [9.17, 15) is 9.59 Å². The zero-order valence-corrected chi connectivity index (χ0v) is 12.1. The topological polar surface area (TPSA) is 49.4 Å². The van der Waals surface area contributed by atoms with Crippen molar-refractivity contribution in [3.8, 4) is 0 Å². The SMILES string of the molecule is CN(C(=O)NC(=O)C1(C)CC1(Cl)Cl)c1ccccc1. The standard InChI is InChI=1S/C13H14Cl2N2O2/c1-12(8-13(12,14)15)10(18)16-11(19)17(2)9-6-4-3-5-7-9/h3-7H,8H2,1-2H3,(H,16,18,19). The maximum absolute atomic E-state index is 12.0. The molecule has 0 saturated heterocycles. The molecule has 1 N–H and O–H groups in total. The molecule has 1 aromatic rings. The Kier molecular flexibility index (Phi) is 3.49. The number of nitrogens with zero attached hydrogens (tertiary/aromatic N) is 1. The van der Waals surface area contributed by atoms with Crippen LogP contribution in [0.5, 0.6) is 0 Å². The Morgan fingerprint density at radius 3 is 2.26 bits per heavy atom. The number of hydrogen-bond acceptors (Lipinski definition) is 2. The average Bonchev–Trinajstić information content (AvgIpc) is 2.90. The summed E-state index contributed by atoms with van der Waals surface area (Å²) in [5.74, 6) is -0.453. The van der Waals surface area contributed by atoms with E-state index < -0.39 is 21.7 Å². The molecule has 0 bridgehead atoms. The van der Waals surface area contributed by atoms with Crippen molar-refractivity contribution in [2.75, 3.05) is 11.9 Å². The van der Waals surface area contributed by atoms with Gasteiger partial charge in [0.25, 0.3) is 0 Å². The normalized spacial score (nSPS) is 23.6. The Bertz CT molecular complexity index is 519. The van der Waals surface area contributed by atoms with Crippen LogP contribution in [0.25, 0.3) is 0 Å². The van der Waals surface area contributed by atoms with Crippen LogP contribution in [-0.2, 0) is 4.79 Å². The smallest absolute Gasteiger partial charge is 0.297 e. The Labute approximate surface area is 121 Å². The van der Waals surface area contributed by atoms with Crippen LogP contribution in [0.3, 0.4) is 0 Å². The van der Waals surface area contributed by atoms with Gasteiger partial charge in [-0.3, -0.25) is 15.0 Å². The van der Waals surface area contributed by atoms with Crippen LogP contribution >= 0.6 is 23.2 Å². The number of halogens is 2. The van der Waals surface area contributed by atoms with Crippen molar-refractivity contribution in [3.05, 3.63) is 30.3 Å². The van der Waals surface area contributed by atoms with E-state index in [2.05, 4.69) is 5.32 Å². The van der Waals surface area contributed by atoms with Gasteiger partial charge in [-0.1, -0.05) is 18.2 Å². The molecule has 1 aliphatic rings. The minimum Gasteiger partial charge on any atom is -0.297 e. The number of alkyl halides is 2. The molecule has 1 saturated carbocycles. The van der Waals surface area contributed by atoms with Crippen molar-refractivity contribution in [3.63, 3.8) is 0 Å². The lowest BCUT2D eigenvalue weighted by Gasteiger charge is -2.19. The van der Waals surface area contributed by atoms with Crippen molar-refractivity contribution in [2.24, 2.45) is 5.41 Å². The van der Waals surface area contributed by atoms with Gasteiger partial charge in [-0.25, -0.2) is 4.79 Å². The molecule has 1 aromatic carbocycles. The minimum atomic E-state index is -1.08. The van der Waals surface area contributed by atoms with Crippen LogP contribution in [0.15, 0.2) is 30.3 Å². The highest BCUT2D eigenvalue weighted by atomic mass is 35.5. The number of hydrogen-bond donors (Lipinski definition) is 1. The molecule has 0 aromatic heterocycles. The number of benzene rings is 1. The lowest BCUT2D eigenvalue weighted by molar-refractivity contribution is -0.124. The molecule has 1 aliphatic carbocycles. The van der Waals surface area contributed by atoms with Gasteiger partial charge in [-0.15, -0.1) is 23.2 Å². The Morgan fingerprint density at radius 2 is 1.79 bits per heavy atom. The summed E-state index contributed by atoms with van der Waals surface area (Å²) in [6, 6.07) is 8.51. The van der Waals surface area contributed by atoms with Crippen molar-refractivity contribution in [2.45, 2.75) is 17.7 Å². The van der Waals surface area contributed by atoms with Gasteiger partial charge in [0.05, 0.1) is 5.41 Å². The lowest BCUT2D eigenvalue weighted by Crippen LogP contribution is -2.44. The first-order chi connectivity index (χ1) is 8.78. The molecule has 19 heavy (non-hydrogen) atoms. The highest BCUT2D eigenvalue weighted by Gasteiger charge is 2.68. The van der Waals surface area contributed by atoms with E-state index >= 15 is 0 Å². The molecule has 1 fully saturated rings. The predicted octanol–water partition coefficient (Wildman–Crippen LogP) is 2.94. The van der Waals surface area contributed by atoms with Gasteiger partial charge < -0.3 is 0 Å². The van der Waals surface area contributed by atoms with Gasteiger partial charge in [-0.2, -0.15) is 0 Å². The van der Waals surface area contributed by atoms with Crippen LogP contribution in [0.1, 0.15) is 13.3 Å². The molecule has 102 valence electrons. The van der Waals surface area contributed by atoms with Gasteiger partial charge in [0.2, 0.25) is 5.91 Å². The van der Waals surface area contributed by atoms with E-state index in [0.717, 1.165) is 0 Å². The maximum atomic E-state index is 12.0.